The zero-order chi connectivity index (χ0) is 19.1. The van der Waals surface area contributed by atoms with Crippen molar-refractivity contribution >= 4 is 11.9 Å². The van der Waals surface area contributed by atoms with Gasteiger partial charge in [0.05, 0.1) is 7.11 Å². The number of hydrogen-bond donors (Lipinski definition) is 1. The Balaban J connectivity index is 1.45. The fourth-order valence-electron chi connectivity index (χ4n) is 3.94. The molecule has 1 aromatic carbocycles. The van der Waals surface area contributed by atoms with Crippen molar-refractivity contribution in [2.45, 2.75) is 51.0 Å². The van der Waals surface area contributed by atoms with Crippen LogP contribution in [0.15, 0.2) is 24.3 Å². The molecule has 1 heterocycles. The second-order valence-electron chi connectivity index (χ2n) is 7.50. The van der Waals surface area contributed by atoms with Gasteiger partial charge in [-0.2, -0.15) is 0 Å². The lowest BCUT2D eigenvalue weighted by atomic mass is 10.1. The first-order valence-corrected chi connectivity index (χ1v) is 10.1. The topological polar surface area (TPSA) is 61.9 Å². The summed E-state index contributed by atoms with van der Waals surface area (Å²) in [5.41, 5.74) is 1.11. The molecule has 0 unspecified atom stereocenters. The highest BCUT2D eigenvalue weighted by Crippen LogP contribution is 2.18. The molecule has 1 saturated heterocycles. The highest BCUT2D eigenvalue weighted by molar-refractivity contribution is 5.77. The van der Waals surface area contributed by atoms with E-state index in [1.165, 1.54) is 12.8 Å². The van der Waals surface area contributed by atoms with Gasteiger partial charge >= 0.3 is 6.03 Å². The molecule has 2 aliphatic rings. The largest absolute Gasteiger partial charge is 0.497 e. The second kappa shape index (κ2) is 9.62. The van der Waals surface area contributed by atoms with Crippen LogP contribution in [0.1, 0.15) is 44.1 Å². The highest BCUT2D eigenvalue weighted by atomic mass is 16.5. The molecule has 1 aliphatic carbocycles. The molecule has 6 nitrogen and oxygen atoms in total. The summed E-state index contributed by atoms with van der Waals surface area (Å²) in [7, 11) is 1.65. The maximum absolute atomic E-state index is 12.6. The van der Waals surface area contributed by atoms with Crippen LogP contribution in [0.5, 0.6) is 5.75 Å². The number of hydrogen-bond acceptors (Lipinski definition) is 3. The number of nitrogens with zero attached hydrogens (tertiary/aromatic N) is 2. The first-order chi connectivity index (χ1) is 13.2. The van der Waals surface area contributed by atoms with E-state index < -0.39 is 0 Å². The van der Waals surface area contributed by atoms with Crippen LogP contribution in [0.4, 0.5) is 4.79 Å². The van der Waals surface area contributed by atoms with Crippen LogP contribution in [0, 0.1) is 0 Å². The summed E-state index contributed by atoms with van der Waals surface area (Å²) in [6.07, 6.45) is 6.63. The fourth-order valence-corrected chi connectivity index (χ4v) is 3.94. The van der Waals surface area contributed by atoms with E-state index in [9.17, 15) is 9.59 Å². The molecule has 1 aliphatic heterocycles. The first-order valence-electron chi connectivity index (χ1n) is 10.1. The van der Waals surface area contributed by atoms with Crippen LogP contribution in [-0.2, 0) is 11.2 Å². The van der Waals surface area contributed by atoms with Crippen LogP contribution >= 0.6 is 0 Å². The SMILES string of the molecule is COc1cccc(CCC(=O)N2CCCN(C(=O)NC3CCCC3)CC2)c1. The average Bonchev–Trinajstić information content (AvgIpc) is 3.07. The Bertz CT molecular complexity index is 643. The van der Waals surface area contributed by atoms with E-state index >= 15 is 0 Å². The fraction of sp³-hybridized carbons (Fsp3) is 0.619. The van der Waals surface area contributed by atoms with Crippen molar-refractivity contribution in [3.8, 4) is 5.75 Å². The van der Waals surface area contributed by atoms with Gasteiger partial charge in [-0.05, 0) is 43.4 Å². The van der Waals surface area contributed by atoms with E-state index in [4.69, 9.17) is 4.74 Å². The second-order valence-corrected chi connectivity index (χ2v) is 7.50. The molecule has 6 heteroatoms. The van der Waals surface area contributed by atoms with Gasteiger partial charge < -0.3 is 19.9 Å². The van der Waals surface area contributed by atoms with Crippen LogP contribution < -0.4 is 10.1 Å². The number of carbonyl (C=O) groups is 2. The van der Waals surface area contributed by atoms with E-state index in [1.807, 2.05) is 34.1 Å². The number of urea groups is 1. The Labute approximate surface area is 161 Å². The Morgan fingerprint density at radius 3 is 2.59 bits per heavy atom. The normalized spacial score (nSPS) is 18.3. The van der Waals surface area contributed by atoms with Crippen LogP contribution in [0.25, 0.3) is 0 Å². The van der Waals surface area contributed by atoms with Crippen molar-refractivity contribution < 1.29 is 14.3 Å². The molecular formula is C21H31N3O3. The number of methoxy groups -OCH3 is 1. The zero-order valence-corrected chi connectivity index (χ0v) is 16.3. The Morgan fingerprint density at radius 2 is 1.81 bits per heavy atom. The van der Waals surface area contributed by atoms with E-state index in [1.54, 1.807) is 7.11 Å². The Hall–Kier alpha value is -2.24. The molecule has 3 amide bonds. The van der Waals surface area contributed by atoms with Crippen molar-refractivity contribution in [1.29, 1.82) is 0 Å². The molecule has 0 radical (unpaired) electrons. The van der Waals surface area contributed by atoms with Crippen molar-refractivity contribution in [3.63, 3.8) is 0 Å². The molecular weight excluding hydrogens is 342 g/mol. The predicted octanol–water partition coefficient (Wildman–Crippen LogP) is 2.81. The van der Waals surface area contributed by atoms with E-state index in [-0.39, 0.29) is 11.9 Å². The molecule has 148 valence electrons. The Kier molecular flexibility index (Phi) is 6.96. The lowest BCUT2D eigenvalue weighted by Crippen LogP contribution is -2.45. The van der Waals surface area contributed by atoms with Gasteiger partial charge in [-0.1, -0.05) is 25.0 Å². The Morgan fingerprint density at radius 1 is 1.07 bits per heavy atom. The van der Waals surface area contributed by atoms with Crippen molar-refractivity contribution in [2.75, 3.05) is 33.3 Å². The van der Waals surface area contributed by atoms with Gasteiger partial charge in [-0.25, -0.2) is 4.79 Å². The van der Waals surface area contributed by atoms with Gasteiger partial charge in [0.25, 0.3) is 0 Å². The molecule has 3 rings (SSSR count). The van der Waals surface area contributed by atoms with Gasteiger partial charge in [0, 0.05) is 38.6 Å². The van der Waals surface area contributed by atoms with Crippen molar-refractivity contribution in [2.24, 2.45) is 0 Å². The molecule has 2 fully saturated rings. The van der Waals surface area contributed by atoms with Gasteiger partial charge in [0.1, 0.15) is 5.75 Å². The monoisotopic (exact) mass is 373 g/mol. The summed E-state index contributed by atoms with van der Waals surface area (Å²) in [4.78, 5) is 28.8. The summed E-state index contributed by atoms with van der Waals surface area (Å²) in [5, 5.41) is 3.15. The van der Waals surface area contributed by atoms with Crippen molar-refractivity contribution in [1.82, 2.24) is 15.1 Å². The van der Waals surface area contributed by atoms with E-state index in [2.05, 4.69) is 5.32 Å². The van der Waals surface area contributed by atoms with Gasteiger partial charge in [0.15, 0.2) is 0 Å². The quantitative estimate of drug-likeness (QED) is 0.863. The standard InChI is InChI=1S/C21H31N3O3/c1-27-19-9-4-6-17(16-19)10-11-20(25)23-12-5-13-24(15-14-23)21(26)22-18-7-2-3-8-18/h4,6,9,16,18H,2-3,5,7-8,10-15H2,1H3,(H,22,26). The van der Waals surface area contributed by atoms with E-state index in [0.29, 0.717) is 32.0 Å². The maximum atomic E-state index is 12.6. The molecule has 0 aromatic heterocycles. The first kappa shape index (κ1) is 19.5. The average molecular weight is 373 g/mol. The van der Waals surface area contributed by atoms with E-state index in [0.717, 1.165) is 43.7 Å². The number of nitrogens with one attached hydrogen (secondary N) is 1. The molecule has 0 bridgehead atoms. The minimum Gasteiger partial charge on any atom is -0.497 e. The minimum atomic E-state index is 0.0348. The summed E-state index contributed by atoms with van der Waals surface area (Å²) in [6.45, 7) is 2.68. The van der Waals surface area contributed by atoms with Crippen LogP contribution in [-0.4, -0.2) is 61.1 Å². The molecule has 1 aromatic rings. The summed E-state index contributed by atoms with van der Waals surface area (Å²) in [6, 6.07) is 8.23. The minimum absolute atomic E-state index is 0.0348. The smallest absolute Gasteiger partial charge is 0.317 e. The summed E-state index contributed by atoms with van der Waals surface area (Å²) in [5.74, 6) is 0.981. The molecule has 0 atom stereocenters. The predicted molar refractivity (Wildman–Crippen MR) is 105 cm³/mol. The van der Waals surface area contributed by atoms with Crippen LogP contribution in [0.2, 0.25) is 0 Å². The van der Waals surface area contributed by atoms with Crippen molar-refractivity contribution in [3.05, 3.63) is 29.8 Å². The number of carbonyl (C=O) groups excluding carboxylic acids is 2. The number of benzene rings is 1. The lowest BCUT2D eigenvalue weighted by molar-refractivity contribution is -0.131. The zero-order valence-electron chi connectivity index (χ0n) is 16.3. The lowest BCUT2D eigenvalue weighted by Gasteiger charge is -2.24. The third kappa shape index (κ3) is 5.62. The van der Waals surface area contributed by atoms with Gasteiger partial charge in [-0.3, -0.25) is 4.79 Å². The number of amides is 3. The summed E-state index contributed by atoms with van der Waals surface area (Å²) < 4.78 is 5.24. The maximum Gasteiger partial charge on any atom is 0.317 e. The highest BCUT2D eigenvalue weighted by Gasteiger charge is 2.24. The molecule has 27 heavy (non-hydrogen) atoms. The molecule has 1 saturated carbocycles. The van der Waals surface area contributed by atoms with Crippen LogP contribution in [0.3, 0.4) is 0 Å². The summed E-state index contributed by atoms with van der Waals surface area (Å²) >= 11 is 0. The molecule has 0 spiro atoms. The number of rotatable bonds is 5. The third-order valence-electron chi connectivity index (χ3n) is 5.58. The van der Waals surface area contributed by atoms with Gasteiger partial charge in [0.2, 0.25) is 5.91 Å². The van der Waals surface area contributed by atoms with Gasteiger partial charge in [-0.15, -0.1) is 0 Å². The number of ether oxygens (including phenoxy) is 1. The molecule has 1 N–H and O–H groups in total. The third-order valence-corrected chi connectivity index (χ3v) is 5.58. The number of aryl methyl sites for hydroxylation is 1.